The van der Waals surface area contributed by atoms with Crippen molar-refractivity contribution >= 4 is 39.5 Å². The number of ether oxygens (including phenoxy) is 4. The average molecular weight is 1400 g/mol. The van der Waals surface area contributed by atoms with Gasteiger partial charge in [0, 0.05) is 25.7 Å². The predicted octanol–water partition coefficient (Wildman–Crippen LogP) is 21.4. The molecule has 3 N–H and O–H groups in total. The quantitative estimate of drug-likeness (QED) is 0.0169. The summed E-state index contributed by atoms with van der Waals surface area (Å²) in [6.07, 6.45) is 70.1. The van der Waals surface area contributed by atoms with Crippen LogP contribution in [0.25, 0.3) is 0 Å². The van der Waals surface area contributed by atoms with Gasteiger partial charge in [-0.2, -0.15) is 0 Å². The third kappa shape index (κ3) is 68.8. The third-order valence-corrected chi connectivity index (χ3v) is 17.7. The first-order valence-corrected chi connectivity index (χ1v) is 40.8. The molecule has 0 fully saturated rings. The summed E-state index contributed by atoms with van der Waals surface area (Å²) < 4.78 is 68.4. The van der Waals surface area contributed by atoms with E-state index in [9.17, 15) is 43.2 Å². The summed E-state index contributed by atoms with van der Waals surface area (Å²) in [6, 6.07) is 0. The van der Waals surface area contributed by atoms with Crippen molar-refractivity contribution in [2.24, 2.45) is 0 Å². The highest BCUT2D eigenvalue weighted by atomic mass is 31.2. The molecule has 0 aromatic carbocycles. The number of carbonyl (C=O) groups excluding carboxylic acids is 4. The number of hydrogen-bond donors (Lipinski definition) is 3. The van der Waals surface area contributed by atoms with Gasteiger partial charge in [-0.1, -0.05) is 267 Å². The van der Waals surface area contributed by atoms with Crippen molar-refractivity contribution in [1.82, 2.24) is 0 Å². The highest BCUT2D eigenvalue weighted by Gasteiger charge is 2.30. The van der Waals surface area contributed by atoms with E-state index in [4.69, 9.17) is 37.0 Å². The molecule has 0 aliphatic carbocycles. The van der Waals surface area contributed by atoms with Gasteiger partial charge in [-0.05, 0) is 116 Å². The summed E-state index contributed by atoms with van der Waals surface area (Å²) in [5.74, 6) is -2.23. The molecular weight excluding hydrogens is 1260 g/mol. The Hall–Kier alpha value is -3.76. The molecular formula is C77H136O17P2. The number of aliphatic hydroxyl groups excluding tert-OH is 1. The molecule has 0 rings (SSSR count). The number of esters is 4. The molecule has 0 aromatic heterocycles. The fourth-order valence-corrected chi connectivity index (χ4v) is 11.6. The van der Waals surface area contributed by atoms with E-state index in [1.807, 2.05) is 0 Å². The van der Waals surface area contributed by atoms with Crippen LogP contribution in [0.1, 0.15) is 323 Å². The molecule has 19 heteroatoms. The number of aliphatic hydroxyl groups is 1. The number of hydrogen-bond acceptors (Lipinski definition) is 15. The smallest absolute Gasteiger partial charge is 0.462 e. The van der Waals surface area contributed by atoms with Crippen LogP contribution in [0.5, 0.6) is 0 Å². The van der Waals surface area contributed by atoms with E-state index in [2.05, 4.69) is 113 Å². The lowest BCUT2D eigenvalue weighted by atomic mass is 10.0. The van der Waals surface area contributed by atoms with Crippen molar-refractivity contribution < 1.29 is 80.2 Å². The van der Waals surface area contributed by atoms with Crippen molar-refractivity contribution in [1.29, 1.82) is 0 Å². The Morgan fingerprint density at radius 3 is 0.917 bits per heavy atom. The van der Waals surface area contributed by atoms with Gasteiger partial charge in [0.2, 0.25) is 0 Å². The monoisotopic (exact) mass is 1390 g/mol. The maximum Gasteiger partial charge on any atom is 0.472 e. The molecule has 0 saturated carbocycles. The van der Waals surface area contributed by atoms with Gasteiger partial charge in [0.05, 0.1) is 26.4 Å². The minimum Gasteiger partial charge on any atom is -0.462 e. The zero-order valence-electron chi connectivity index (χ0n) is 60.5. The lowest BCUT2D eigenvalue weighted by Crippen LogP contribution is -2.30. The van der Waals surface area contributed by atoms with E-state index in [-0.39, 0.29) is 25.7 Å². The van der Waals surface area contributed by atoms with Crippen LogP contribution in [0.2, 0.25) is 0 Å². The fraction of sp³-hybridized carbons (Fsp3) is 0.766. The molecule has 0 saturated heterocycles. The largest absolute Gasteiger partial charge is 0.472 e. The summed E-state index contributed by atoms with van der Waals surface area (Å²) in [4.78, 5) is 72.8. The van der Waals surface area contributed by atoms with Crippen LogP contribution in [0.3, 0.4) is 0 Å². The first-order valence-electron chi connectivity index (χ1n) is 37.8. The normalized spacial score (nSPS) is 14.4. The van der Waals surface area contributed by atoms with Crippen LogP contribution in [0.15, 0.2) is 85.1 Å². The highest BCUT2D eigenvalue weighted by molar-refractivity contribution is 7.47. The van der Waals surface area contributed by atoms with Crippen LogP contribution in [-0.2, 0) is 65.4 Å². The lowest BCUT2D eigenvalue weighted by Gasteiger charge is -2.21. The minimum atomic E-state index is -4.98. The number of carbonyl (C=O) groups is 4. The molecule has 0 aromatic rings. The van der Waals surface area contributed by atoms with Crippen LogP contribution in [-0.4, -0.2) is 96.7 Å². The molecule has 5 unspecified atom stereocenters. The first-order chi connectivity index (χ1) is 46.7. The molecule has 0 aliphatic rings. The summed E-state index contributed by atoms with van der Waals surface area (Å²) in [5.41, 5.74) is 0. The van der Waals surface area contributed by atoms with Crippen LogP contribution in [0.4, 0.5) is 0 Å². The zero-order chi connectivity index (χ0) is 70.4. The molecule has 0 radical (unpaired) electrons. The Balaban J connectivity index is 5.37. The zero-order valence-corrected chi connectivity index (χ0v) is 62.3. The number of phosphoric acid groups is 2. The van der Waals surface area contributed by atoms with E-state index in [0.29, 0.717) is 25.7 Å². The summed E-state index contributed by atoms with van der Waals surface area (Å²) in [7, 11) is -9.95. The van der Waals surface area contributed by atoms with Crippen LogP contribution in [0, 0.1) is 0 Å². The van der Waals surface area contributed by atoms with E-state index in [1.54, 1.807) is 0 Å². The Morgan fingerprint density at radius 2 is 0.562 bits per heavy atom. The van der Waals surface area contributed by atoms with Gasteiger partial charge in [0.15, 0.2) is 12.2 Å². The number of rotatable bonds is 71. The van der Waals surface area contributed by atoms with Crippen molar-refractivity contribution in [2.45, 2.75) is 341 Å². The van der Waals surface area contributed by atoms with Gasteiger partial charge in [0.1, 0.15) is 19.3 Å². The molecule has 17 nitrogen and oxygen atoms in total. The van der Waals surface area contributed by atoms with Gasteiger partial charge in [-0.15, -0.1) is 0 Å². The molecule has 556 valence electrons. The van der Waals surface area contributed by atoms with Gasteiger partial charge >= 0.3 is 39.5 Å². The van der Waals surface area contributed by atoms with Crippen molar-refractivity contribution in [3.05, 3.63) is 85.1 Å². The SMILES string of the molecule is CC/C=C\C/C=C\C/C=C\C/C=C\CCCCC(=O)OCC(COP(=O)(O)OCC(O)COP(=O)(O)OCC(COC(=O)CCCCCCC/C=C\C/C=C\CCC)OC(=O)CCCCCCC/C=C\CCCCCC)OC(=O)CCCCCCCCCCCCCCCCC. The van der Waals surface area contributed by atoms with Crippen molar-refractivity contribution in [2.75, 3.05) is 39.6 Å². The van der Waals surface area contributed by atoms with E-state index < -0.39 is 97.5 Å². The molecule has 5 atom stereocenters. The van der Waals surface area contributed by atoms with Crippen LogP contribution < -0.4 is 0 Å². The van der Waals surface area contributed by atoms with Crippen molar-refractivity contribution in [3.63, 3.8) is 0 Å². The predicted molar refractivity (Wildman–Crippen MR) is 390 cm³/mol. The molecule has 0 spiro atoms. The average Bonchev–Trinajstić information content (AvgIpc) is 1.36. The van der Waals surface area contributed by atoms with Gasteiger partial charge < -0.3 is 33.8 Å². The van der Waals surface area contributed by atoms with Gasteiger partial charge in [-0.3, -0.25) is 37.3 Å². The van der Waals surface area contributed by atoms with Crippen molar-refractivity contribution in [3.8, 4) is 0 Å². The maximum absolute atomic E-state index is 13.1. The van der Waals surface area contributed by atoms with Crippen LogP contribution >= 0.6 is 15.6 Å². The topological polar surface area (TPSA) is 237 Å². The molecule has 0 bridgehead atoms. The highest BCUT2D eigenvalue weighted by Crippen LogP contribution is 2.45. The standard InChI is InChI=1S/C77H136O17P2/c1-5-9-13-17-21-25-29-33-35-39-42-46-50-54-58-62-75(80)88-68-73(94-77(82)64-60-56-52-48-44-40-36-34-30-26-22-18-14-10-6-2)70-92-96(85,86)90-66-71(78)65-89-95(83,84)91-69-72(93-76(81)63-59-55-51-47-43-38-32-28-24-20-16-12-8-4)67-87-74(79)61-57-53-49-45-41-37-31-27-23-19-15-11-7-3/h9,13,15,19,21,25,27-28,31-33,35,42,46,71-73,78H,5-8,10-12,14,16-18,20,22-24,26,29-30,34,36-41,43-45,47-70H2,1-4H3,(H,83,84)(H,85,86)/b13-9-,19-15-,25-21-,31-27-,32-28-,35-33-,46-42-. The second-order valence-corrected chi connectivity index (χ2v) is 28.1. The summed E-state index contributed by atoms with van der Waals surface area (Å²) >= 11 is 0. The molecule has 0 amide bonds. The lowest BCUT2D eigenvalue weighted by molar-refractivity contribution is -0.161. The van der Waals surface area contributed by atoms with Gasteiger partial charge in [0.25, 0.3) is 0 Å². The minimum absolute atomic E-state index is 0.0826. The fourth-order valence-electron chi connectivity index (χ4n) is 10.1. The first kappa shape index (κ1) is 92.2. The Bertz CT molecular complexity index is 2160. The number of unbranched alkanes of at least 4 members (excludes halogenated alkanes) is 31. The number of allylic oxidation sites excluding steroid dienone is 14. The molecule has 0 aliphatic heterocycles. The van der Waals surface area contributed by atoms with E-state index in [1.165, 1.54) is 89.9 Å². The molecule has 0 heterocycles. The van der Waals surface area contributed by atoms with Gasteiger partial charge in [-0.25, -0.2) is 9.13 Å². The second kappa shape index (κ2) is 69.7. The van der Waals surface area contributed by atoms with E-state index in [0.717, 1.165) is 154 Å². The third-order valence-electron chi connectivity index (χ3n) is 15.8. The molecule has 96 heavy (non-hydrogen) atoms. The Morgan fingerprint density at radius 1 is 0.302 bits per heavy atom. The Labute approximate surface area is 583 Å². The summed E-state index contributed by atoms with van der Waals surface area (Å²) in [6.45, 7) is 4.64. The second-order valence-electron chi connectivity index (χ2n) is 25.2. The Kier molecular flexibility index (Phi) is 67.0. The van der Waals surface area contributed by atoms with E-state index >= 15 is 0 Å². The number of phosphoric ester groups is 2. The maximum atomic E-state index is 13.1. The summed E-state index contributed by atoms with van der Waals surface area (Å²) in [5, 5.41) is 10.6.